The molecule has 1 unspecified atom stereocenters. The van der Waals surface area contributed by atoms with Gasteiger partial charge < -0.3 is 24.2 Å². The zero-order chi connectivity index (χ0) is 14.1. The Balaban J connectivity index is 2.10. The quantitative estimate of drug-likeness (QED) is 0.430. The zero-order valence-electron chi connectivity index (χ0n) is 11.2. The monoisotopic (exact) mass is 275 g/mol. The number of amides is 1. The molecule has 1 aliphatic rings. The normalized spacial score (nSPS) is 18.9. The van der Waals surface area contributed by atoms with Gasteiger partial charge in [-0.2, -0.15) is 0 Å². The molecule has 1 fully saturated rings. The summed E-state index contributed by atoms with van der Waals surface area (Å²) in [5.41, 5.74) is 0. The van der Waals surface area contributed by atoms with Gasteiger partial charge in [0.1, 0.15) is 0 Å². The maximum atomic E-state index is 11.6. The number of hydrogen-bond donors (Lipinski definition) is 1. The maximum absolute atomic E-state index is 11.6. The fourth-order valence-electron chi connectivity index (χ4n) is 1.87. The first-order chi connectivity index (χ1) is 9.19. The lowest BCUT2D eigenvalue weighted by Crippen LogP contribution is -2.30. The summed E-state index contributed by atoms with van der Waals surface area (Å²) in [5, 5.41) is 8.48. The van der Waals surface area contributed by atoms with Gasteiger partial charge in [0.2, 0.25) is 5.91 Å². The third kappa shape index (κ3) is 5.54. The second kappa shape index (κ2) is 8.84. The van der Waals surface area contributed by atoms with Crippen LogP contribution in [0.4, 0.5) is 0 Å². The minimum atomic E-state index is -0.356. The van der Waals surface area contributed by atoms with Crippen LogP contribution in [0.15, 0.2) is 0 Å². The molecular weight excluding hydrogens is 254 g/mol. The molecule has 1 aliphatic heterocycles. The van der Waals surface area contributed by atoms with Crippen molar-refractivity contribution in [3.8, 4) is 0 Å². The van der Waals surface area contributed by atoms with E-state index in [0.717, 1.165) is 0 Å². The number of carbonyl (C=O) groups excluding carboxylic acids is 2. The average molecular weight is 275 g/mol. The fourth-order valence-corrected chi connectivity index (χ4v) is 1.87. The summed E-state index contributed by atoms with van der Waals surface area (Å²) in [7, 11) is 1.32. The maximum Gasteiger partial charge on any atom is 0.310 e. The van der Waals surface area contributed by atoms with E-state index in [0.29, 0.717) is 39.5 Å². The summed E-state index contributed by atoms with van der Waals surface area (Å²) in [6.07, 6.45) is 0.215. The molecule has 0 aromatic heterocycles. The summed E-state index contributed by atoms with van der Waals surface area (Å²) in [6.45, 7) is 2.40. The van der Waals surface area contributed by atoms with E-state index in [-0.39, 0.29) is 30.8 Å². The van der Waals surface area contributed by atoms with Crippen LogP contribution >= 0.6 is 0 Å². The molecular formula is C12H21NO6. The van der Waals surface area contributed by atoms with E-state index in [1.54, 1.807) is 4.90 Å². The molecule has 0 aromatic carbocycles. The number of nitrogens with zero attached hydrogens (tertiary/aromatic N) is 1. The highest BCUT2D eigenvalue weighted by molar-refractivity contribution is 5.86. The van der Waals surface area contributed by atoms with Gasteiger partial charge in [-0.15, -0.1) is 0 Å². The van der Waals surface area contributed by atoms with Gasteiger partial charge in [-0.25, -0.2) is 0 Å². The van der Waals surface area contributed by atoms with E-state index in [4.69, 9.17) is 14.6 Å². The van der Waals surface area contributed by atoms with Crippen molar-refractivity contribution in [2.45, 2.75) is 6.42 Å². The van der Waals surface area contributed by atoms with Crippen molar-refractivity contribution < 1.29 is 28.9 Å². The van der Waals surface area contributed by atoms with Gasteiger partial charge in [-0.05, 0) is 0 Å². The molecule has 0 bridgehead atoms. The molecule has 0 radical (unpaired) electrons. The van der Waals surface area contributed by atoms with Crippen LogP contribution in [0.1, 0.15) is 6.42 Å². The van der Waals surface area contributed by atoms with E-state index < -0.39 is 0 Å². The molecule has 1 heterocycles. The smallest absolute Gasteiger partial charge is 0.310 e. The first kappa shape index (κ1) is 15.9. The Bertz CT molecular complexity index is 296. The second-order valence-corrected chi connectivity index (χ2v) is 4.21. The molecule has 1 atom stereocenters. The van der Waals surface area contributed by atoms with Gasteiger partial charge in [0.25, 0.3) is 0 Å². The van der Waals surface area contributed by atoms with Crippen LogP contribution in [0.3, 0.4) is 0 Å². The van der Waals surface area contributed by atoms with Crippen LogP contribution in [0.5, 0.6) is 0 Å². The molecule has 0 aromatic rings. The van der Waals surface area contributed by atoms with Gasteiger partial charge in [-0.1, -0.05) is 0 Å². The van der Waals surface area contributed by atoms with Crippen molar-refractivity contribution >= 4 is 11.9 Å². The van der Waals surface area contributed by atoms with E-state index in [2.05, 4.69) is 4.74 Å². The topological polar surface area (TPSA) is 85.3 Å². The van der Waals surface area contributed by atoms with Gasteiger partial charge in [0, 0.05) is 19.5 Å². The number of aliphatic hydroxyl groups excluding tert-OH is 1. The Morgan fingerprint density at radius 3 is 2.63 bits per heavy atom. The van der Waals surface area contributed by atoms with Crippen LogP contribution in [0.25, 0.3) is 0 Å². The lowest BCUT2D eigenvalue weighted by Gasteiger charge is -2.16. The Kier molecular flexibility index (Phi) is 7.39. The Morgan fingerprint density at radius 2 is 2.00 bits per heavy atom. The van der Waals surface area contributed by atoms with Crippen molar-refractivity contribution in [3.05, 3.63) is 0 Å². The highest BCUT2D eigenvalue weighted by Crippen LogP contribution is 2.18. The molecule has 1 saturated heterocycles. The molecule has 7 nitrogen and oxygen atoms in total. The van der Waals surface area contributed by atoms with E-state index in [1.807, 2.05) is 0 Å². The standard InChI is InChI=1S/C12H21NO6/c1-17-12(16)10-8-11(15)13(9-10)2-4-18-6-7-19-5-3-14/h10,14H,2-9H2,1H3. The number of aliphatic hydroxyl groups is 1. The lowest BCUT2D eigenvalue weighted by atomic mass is 10.1. The summed E-state index contributed by atoms with van der Waals surface area (Å²) in [5.74, 6) is -0.741. The van der Waals surface area contributed by atoms with Crippen molar-refractivity contribution in [2.75, 3.05) is 53.2 Å². The van der Waals surface area contributed by atoms with E-state index in [1.165, 1.54) is 7.11 Å². The first-order valence-electron chi connectivity index (χ1n) is 6.31. The van der Waals surface area contributed by atoms with Crippen LogP contribution < -0.4 is 0 Å². The molecule has 19 heavy (non-hydrogen) atoms. The van der Waals surface area contributed by atoms with Crippen LogP contribution in [0, 0.1) is 5.92 Å². The SMILES string of the molecule is COC(=O)C1CC(=O)N(CCOCCOCCO)C1. The number of methoxy groups -OCH3 is 1. The Morgan fingerprint density at radius 1 is 1.32 bits per heavy atom. The third-order valence-electron chi connectivity index (χ3n) is 2.86. The lowest BCUT2D eigenvalue weighted by molar-refractivity contribution is -0.145. The van der Waals surface area contributed by atoms with Crippen molar-refractivity contribution in [2.24, 2.45) is 5.92 Å². The van der Waals surface area contributed by atoms with Gasteiger partial charge in [-0.3, -0.25) is 9.59 Å². The minimum Gasteiger partial charge on any atom is -0.469 e. The van der Waals surface area contributed by atoms with Crippen molar-refractivity contribution in [3.63, 3.8) is 0 Å². The molecule has 0 saturated carbocycles. The number of likely N-dealkylation sites (tertiary alicyclic amines) is 1. The predicted octanol–water partition coefficient (Wildman–Crippen LogP) is -0.967. The summed E-state index contributed by atoms with van der Waals surface area (Å²) < 4.78 is 14.9. The molecule has 0 spiro atoms. The van der Waals surface area contributed by atoms with Gasteiger partial charge in [0.05, 0.1) is 46.1 Å². The minimum absolute atomic E-state index is 0.00278. The van der Waals surface area contributed by atoms with Crippen molar-refractivity contribution in [1.82, 2.24) is 4.90 Å². The number of esters is 1. The largest absolute Gasteiger partial charge is 0.469 e. The van der Waals surface area contributed by atoms with E-state index in [9.17, 15) is 9.59 Å². The highest BCUT2D eigenvalue weighted by Gasteiger charge is 2.34. The third-order valence-corrected chi connectivity index (χ3v) is 2.86. The number of hydrogen-bond acceptors (Lipinski definition) is 6. The number of carbonyl (C=O) groups is 2. The van der Waals surface area contributed by atoms with Crippen LogP contribution in [-0.2, 0) is 23.8 Å². The number of rotatable bonds is 9. The summed E-state index contributed by atoms with van der Waals surface area (Å²) in [6, 6.07) is 0. The Hall–Kier alpha value is -1.18. The molecule has 110 valence electrons. The van der Waals surface area contributed by atoms with Gasteiger partial charge >= 0.3 is 5.97 Å². The average Bonchev–Trinajstić information content (AvgIpc) is 2.78. The van der Waals surface area contributed by atoms with Crippen molar-refractivity contribution in [1.29, 1.82) is 0 Å². The second-order valence-electron chi connectivity index (χ2n) is 4.21. The Labute approximate surface area is 112 Å². The molecule has 1 N–H and O–H groups in total. The molecule has 0 aliphatic carbocycles. The molecule has 1 rings (SSSR count). The first-order valence-corrected chi connectivity index (χ1v) is 6.31. The van der Waals surface area contributed by atoms with Crippen LogP contribution in [-0.4, -0.2) is 75.1 Å². The molecule has 1 amide bonds. The predicted molar refractivity (Wildman–Crippen MR) is 65.4 cm³/mol. The summed E-state index contributed by atoms with van der Waals surface area (Å²) >= 11 is 0. The zero-order valence-corrected chi connectivity index (χ0v) is 11.2. The molecule has 7 heteroatoms. The fraction of sp³-hybridized carbons (Fsp3) is 0.833. The van der Waals surface area contributed by atoms with E-state index >= 15 is 0 Å². The van der Waals surface area contributed by atoms with Crippen LogP contribution in [0.2, 0.25) is 0 Å². The number of ether oxygens (including phenoxy) is 3. The highest BCUT2D eigenvalue weighted by atomic mass is 16.5. The van der Waals surface area contributed by atoms with Gasteiger partial charge in [0.15, 0.2) is 0 Å². The summed E-state index contributed by atoms with van der Waals surface area (Å²) in [4.78, 5) is 24.5.